The first kappa shape index (κ1) is 16.4. The van der Waals surface area contributed by atoms with Crippen molar-refractivity contribution in [2.45, 2.75) is 37.1 Å². The number of hydrogen-bond acceptors (Lipinski definition) is 5. The van der Waals surface area contributed by atoms with Crippen LogP contribution in [-0.2, 0) is 32.6 Å². The highest BCUT2D eigenvalue weighted by molar-refractivity contribution is 7.89. The predicted octanol–water partition coefficient (Wildman–Crippen LogP) is 0.00100. The van der Waals surface area contributed by atoms with Crippen LogP contribution in [0.2, 0.25) is 0 Å². The van der Waals surface area contributed by atoms with Crippen LogP contribution in [0.1, 0.15) is 12.6 Å². The van der Waals surface area contributed by atoms with Gasteiger partial charge in [-0.1, -0.05) is 0 Å². The molecule has 2 rings (SSSR count). The van der Waals surface area contributed by atoms with E-state index in [1.165, 1.54) is 4.31 Å². The highest BCUT2D eigenvalue weighted by Crippen LogP contribution is 2.25. The number of ether oxygens (including phenoxy) is 2. The van der Waals surface area contributed by atoms with Gasteiger partial charge in [-0.05, 0) is 13.0 Å². The van der Waals surface area contributed by atoms with Crippen LogP contribution in [0.15, 0.2) is 17.2 Å². The summed E-state index contributed by atoms with van der Waals surface area (Å²) in [5.41, 5.74) is 6.46. The summed E-state index contributed by atoms with van der Waals surface area (Å²) < 4.78 is 39.3. The Morgan fingerprint density at radius 1 is 1.29 bits per heavy atom. The molecule has 2 atom stereocenters. The van der Waals surface area contributed by atoms with Crippen molar-refractivity contribution in [1.29, 1.82) is 0 Å². The maximum atomic E-state index is 12.7. The first-order valence-corrected chi connectivity index (χ1v) is 8.36. The predicted molar refractivity (Wildman–Crippen MR) is 78.4 cm³/mol. The lowest BCUT2D eigenvalue weighted by molar-refractivity contribution is -0.00461. The second kappa shape index (κ2) is 6.45. The Morgan fingerprint density at radius 3 is 2.24 bits per heavy atom. The third kappa shape index (κ3) is 3.00. The van der Waals surface area contributed by atoms with Crippen molar-refractivity contribution in [3.8, 4) is 0 Å². The SMILES string of the molecule is CCn1cc(S(=O)(=O)N2CC(OC)C(OC)C2)cc1CN. The van der Waals surface area contributed by atoms with Crippen molar-refractivity contribution in [2.75, 3.05) is 27.3 Å². The monoisotopic (exact) mass is 317 g/mol. The van der Waals surface area contributed by atoms with E-state index in [4.69, 9.17) is 15.2 Å². The molecule has 1 aromatic rings. The van der Waals surface area contributed by atoms with Crippen LogP contribution in [0, 0.1) is 0 Å². The molecule has 1 aliphatic heterocycles. The number of methoxy groups -OCH3 is 2. The molecular weight excluding hydrogens is 294 g/mol. The summed E-state index contributed by atoms with van der Waals surface area (Å²) in [6.45, 7) is 3.54. The van der Waals surface area contributed by atoms with Crippen LogP contribution < -0.4 is 5.73 Å². The molecule has 0 spiro atoms. The molecule has 7 nitrogen and oxygen atoms in total. The topological polar surface area (TPSA) is 86.8 Å². The third-order valence-electron chi connectivity index (χ3n) is 3.94. The molecule has 0 aromatic carbocycles. The quantitative estimate of drug-likeness (QED) is 0.798. The van der Waals surface area contributed by atoms with Gasteiger partial charge in [0.05, 0.1) is 12.2 Å². The standard InChI is InChI=1S/C13H23N3O4S/c1-4-15-7-11(5-10(15)6-14)21(17,18)16-8-12(19-2)13(9-16)20-3/h5,7,12-13H,4,6,8-9,14H2,1-3H3. The summed E-state index contributed by atoms with van der Waals surface area (Å²) >= 11 is 0. The Kier molecular flexibility index (Phi) is 5.05. The molecule has 1 fully saturated rings. The molecule has 8 heteroatoms. The normalized spacial score (nSPS) is 23.8. The molecule has 1 aliphatic rings. The van der Waals surface area contributed by atoms with Crippen molar-refractivity contribution < 1.29 is 17.9 Å². The molecule has 0 amide bonds. The molecule has 0 aliphatic carbocycles. The minimum absolute atomic E-state index is 0.244. The van der Waals surface area contributed by atoms with Gasteiger partial charge in [-0.15, -0.1) is 0 Å². The van der Waals surface area contributed by atoms with E-state index in [2.05, 4.69) is 0 Å². The molecule has 2 N–H and O–H groups in total. The van der Waals surface area contributed by atoms with Gasteiger partial charge in [0, 0.05) is 52.3 Å². The summed E-state index contributed by atoms with van der Waals surface area (Å²) in [4.78, 5) is 0.274. The van der Waals surface area contributed by atoms with Gasteiger partial charge < -0.3 is 19.8 Å². The maximum Gasteiger partial charge on any atom is 0.244 e. The van der Waals surface area contributed by atoms with E-state index in [0.717, 1.165) is 5.69 Å². The van der Waals surface area contributed by atoms with Crippen LogP contribution in [0.5, 0.6) is 0 Å². The van der Waals surface area contributed by atoms with Crippen molar-refractivity contribution in [1.82, 2.24) is 8.87 Å². The lowest BCUT2D eigenvalue weighted by atomic mass is 10.3. The summed E-state index contributed by atoms with van der Waals surface area (Å²) in [6.07, 6.45) is 1.15. The first-order valence-electron chi connectivity index (χ1n) is 6.92. The Bertz CT molecular complexity index is 551. The van der Waals surface area contributed by atoms with Crippen molar-refractivity contribution in [3.63, 3.8) is 0 Å². The van der Waals surface area contributed by atoms with Crippen molar-refractivity contribution >= 4 is 10.0 Å². The van der Waals surface area contributed by atoms with Crippen LogP contribution in [0.4, 0.5) is 0 Å². The second-order valence-electron chi connectivity index (χ2n) is 5.03. The molecule has 2 unspecified atom stereocenters. The number of nitrogens with two attached hydrogens (primary N) is 1. The first-order chi connectivity index (χ1) is 9.97. The van der Waals surface area contributed by atoms with Gasteiger partial charge in [0.15, 0.2) is 0 Å². The molecule has 120 valence electrons. The fourth-order valence-electron chi connectivity index (χ4n) is 2.64. The fourth-order valence-corrected chi connectivity index (χ4v) is 4.17. The number of nitrogens with zero attached hydrogens (tertiary/aromatic N) is 2. The van der Waals surface area contributed by atoms with Crippen LogP contribution in [-0.4, -0.2) is 56.8 Å². The van der Waals surface area contributed by atoms with E-state index in [1.54, 1.807) is 26.5 Å². The summed E-state index contributed by atoms with van der Waals surface area (Å²) in [5.74, 6) is 0. The maximum absolute atomic E-state index is 12.7. The summed E-state index contributed by atoms with van der Waals surface area (Å²) in [5, 5.41) is 0. The number of aromatic nitrogens is 1. The lowest BCUT2D eigenvalue weighted by Gasteiger charge is -2.14. The van der Waals surface area contributed by atoms with Gasteiger partial charge in [-0.2, -0.15) is 4.31 Å². The Labute approximate surface area is 125 Å². The molecule has 0 saturated carbocycles. The van der Waals surface area contributed by atoms with E-state index in [9.17, 15) is 8.42 Å². The minimum atomic E-state index is -3.55. The van der Waals surface area contributed by atoms with E-state index in [1.807, 2.05) is 11.5 Å². The van der Waals surface area contributed by atoms with Gasteiger partial charge in [0.25, 0.3) is 0 Å². The van der Waals surface area contributed by atoms with Crippen LogP contribution >= 0.6 is 0 Å². The van der Waals surface area contributed by atoms with Crippen LogP contribution in [0.3, 0.4) is 0 Å². The average molecular weight is 317 g/mol. The van der Waals surface area contributed by atoms with Crippen molar-refractivity contribution in [2.24, 2.45) is 5.73 Å². The lowest BCUT2D eigenvalue weighted by Crippen LogP contribution is -2.30. The molecule has 1 aromatic heterocycles. The Balaban J connectivity index is 2.28. The largest absolute Gasteiger partial charge is 0.377 e. The molecule has 2 heterocycles. The minimum Gasteiger partial charge on any atom is -0.377 e. The van der Waals surface area contributed by atoms with E-state index in [-0.39, 0.29) is 17.1 Å². The molecule has 1 saturated heterocycles. The molecule has 0 radical (unpaired) electrons. The number of rotatable bonds is 6. The van der Waals surface area contributed by atoms with E-state index in [0.29, 0.717) is 26.2 Å². The van der Waals surface area contributed by atoms with Gasteiger partial charge in [0.2, 0.25) is 10.0 Å². The summed E-state index contributed by atoms with van der Waals surface area (Å²) in [7, 11) is -0.425. The fraction of sp³-hybridized carbons (Fsp3) is 0.692. The van der Waals surface area contributed by atoms with E-state index < -0.39 is 10.0 Å². The van der Waals surface area contributed by atoms with E-state index >= 15 is 0 Å². The Hall–Kier alpha value is -0.930. The van der Waals surface area contributed by atoms with Gasteiger partial charge in [-0.3, -0.25) is 0 Å². The number of sulfonamides is 1. The summed E-state index contributed by atoms with van der Waals surface area (Å²) in [6, 6.07) is 1.64. The van der Waals surface area contributed by atoms with Gasteiger partial charge >= 0.3 is 0 Å². The van der Waals surface area contributed by atoms with Crippen LogP contribution in [0.25, 0.3) is 0 Å². The average Bonchev–Trinajstić information content (AvgIpc) is 3.10. The van der Waals surface area contributed by atoms with Crippen molar-refractivity contribution in [3.05, 3.63) is 18.0 Å². The molecule has 0 bridgehead atoms. The number of hydrogen-bond donors (Lipinski definition) is 1. The highest BCUT2D eigenvalue weighted by atomic mass is 32.2. The molecular formula is C13H23N3O4S. The second-order valence-corrected chi connectivity index (χ2v) is 6.97. The Morgan fingerprint density at radius 2 is 1.86 bits per heavy atom. The zero-order chi connectivity index (χ0) is 15.6. The van der Waals surface area contributed by atoms with Gasteiger partial charge in [0.1, 0.15) is 4.90 Å². The zero-order valence-corrected chi connectivity index (χ0v) is 13.5. The highest BCUT2D eigenvalue weighted by Gasteiger charge is 2.40. The molecule has 21 heavy (non-hydrogen) atoms. The zero-order valence-electron chi connectivity index (χ0n) is 12.7. The third-order valence-corrected chi connectivity index (χ3v) is 5.73. The smallest absolute Gasteiger partial charge is 0.244 e. The van der Waals surface area contributed by atoms with Gasteiger partial charge in [-0.25, -0.2) is 8.42 Å². The number of aryl methyl sites for hydroxylation is 1.